The fourth-order valence-electron chi connectivity index (χ4n) is 3.14. The second-order valence-electron chi connectivity index (χ2n) is 7.01. The van der Waals surface area contributed by atoms with Crippen molar-refractivity contribution in [2.75, 3.05) is 37.4 Å². The van der Waals surface area contributed by atoms with Gasteiger partial charge in [-0.25, -0.2) is 13.4 Å². The van der Waals surface area contributed by atoms with Crippen molar-refractivity contribution in [3.63, 3.8) is 0 Å². The highest BCUT2D eigenvalue weighted by atomic mass is 32.2. The second kappa shape index (κ2) is 9.63. The molecule has 0 aliphatic heterocycles. The molecule has 0 atom stereocenters. The molecule has 0 aliphatic rings. The third kappa shape index (κ3) is 5.15. The third-order valence-corrected chi connectivity index (χ3v) is 7.64. The Hall–Kier alpha value is -2.69. The predicted octanol–water partition coefficient (Wildman–Crippen LogP) is 3.68. The normalized spacial score (nSPS) is 11.6. The Balaban J connectivity index is 1.83. The lowest BCUT2D eigenvalue weighted by Crippen LogP contribution is -2.30. The van der Waals surface area contributed by atoms with Gasteiger partial charge in [-0.3, -0.25) is 4.79 Å². The van der Waals surface area contributed by atoms with Gasteiger partial charge in [0.1, 0.15) is 0 Å². The molecule has 0 aliphatic carbocycles. The van der Waals surface area contributed by atoms with Crippen LogP contribution >= 0.6 is 11.3 Å². The lowest BCUT2D eigenvalue weighted by Gasteiger charge is -2.22. The van der Waals surface area contributed by atoms with Gasteiger partial charge >= 0.3 is 0 Å². The van der Waals surface area contributed by atoms with Crippen molar-refractivity contribution in [1.29, 1.82) is 0 Å². The molecule has 1 N–H and O–H groups in total. The molecule has 0 saturated carbocycles. The largest absolute Gasteiger partial charge is 0.462 e. The number of anilines is 2. The summed E-state index contributed by atoms with van der Waals surface area (Å²) in [6.07, 6.45) is 1.64. The number of amides is 1. The van der Waals surface area contributed by atoms with E-state index in [-0.39, 0.29) is 17.2 Å². The number of sulfonamides is 1. The first-order valence-electron chi connectivity index (χ1n) is 9.85. The summed E-state index contributed by atoms with van der Waals surface area (Å²) in [6.45, 7) is 4.33. The van der Waals surface area contributed by atoms with Crippen molar-refractivity contribution in [1.82, 2.24) is 9.29 Å². The predicted molar refractivity (Wildman–Crippen MR) is 123 cm³/mol. The van der Waals surface area contributed by atoms with Gasteiger partial charge in [0.15, 0.2) is 10.8 Å². The molecule has 0 radical (unpaired) electrons. The van der Waals surface area contributed by atoms with Crippen LogP contribution in [0.2, 0.25) is 0 Å². The van der Waals surface area contributed by atoms with E-state index in [4.69, 9.17) is 4.42 Å². The Labute approximate surface area is 186 Å². The van der Waals surface area contributed by atoms with Gasteiger partial charge < -0.3 is 14.6 Å². The van der Waals surface area contributed by atoms with Gasteiger partial charge in [0.2, 0.25) is 15.9 Å². The Morgan fingerprint density at radius 3 is 2.55 bits per heavy atom. The molecule has 0 spiro atoms. The van der Waals surface area contributed by atoms with Crippen LogP contribution in [0, 0.1) is 0 Å². The molecule has 0 bridgehead atoms. The lowest BCUT2D eigenvalue weighted by molar-refractivity contribution is -0.115. The Kier molecular flexibility index (Phi) is 7.14. The van der Waals surface area contributed by atoms with Crippen LogP contribution in [0.5, 0.6) is 0 Å². The van der Waals surface area contributed by atoms with Crippen molar-refractivity contribution >= 4 is 38.6 Å². The number of aromatic nitrogens is 1. The molecule has 8 nitrogen and oxygen atoms in total. The lowest BCUT2D eigenvalue weighted by atomic mass is 10.2. The maximum absolute atomic E-state index is 12.9. The molecule has 3 rings (SSSR count). The number of hydrogen-bond acceptors (Lipinski definition) is 7. The summed E-state index contributed by atoms with van der Waals surface area (Å²) in [5.41, 5.74) is 1.76. The van der Waals surface area contributed by atoms with E-state index in [9.17, 15) is 13.2 Å². The van der Waals surface area contributed by atoms with E-state index in [0.717, 1.165) is 0 Å². The van der Waals surface area contributed by atoms with Crippen LogP contribution in [0.1, 0.15) is 19.5 Å². The third-order valence-electron chi connectivity index (χ3n) is 4.69. The molecule has 0 unspecified atom stereocenters. The molecule has 2 heterocycles. The minimum atomic E-state index is -3.64. The topological polar surface area (TPSA) is 95.8 Å². The zero-order chi connectivity index (χ0) is 22.6. The summed E-state index contributed by atoms with van der Waals surface area (Å²) < 4.78 is 32.5. The van der Waals surface area contributed by atoms with Gasteiger partial charge in [-0.2, -0.15) is 4.31 Å². The molecule has 10 heteroatoms. The van der Waals surface area contributed by atoms with E-state index in [1.807, 2.05) is 30.4 Å². The number of thiazole rings is 1. The fourth-order valence-corrected chi connectivity index (χ4v) is 5.41. The van der Waals surface area contributed by atoms with Crippen LogP contribution in [-0.4, -0.2) is 50.8 Å². The van der Waals surface area contributed by atoms with Crippen molar-refractivity contribution in [3.05, 3.63) is 47.7 Å². The van der Waals surface area contributed by atoms with Crippen LogP contribution in [0.15, 0.2) is 51.3 Å². The van der Waals surface area contributed by atoms with Gasteiger partial charge in [0.25, 0.3) is 0 Å². The average molecular weight is 463 g/mol. The fraction of sp³-hybridized carbons (Fsp3) is 0.333. The van der Waals surface area contributed by atoms with E-state index in [0.29, 0.717) is 40.9 Å². The highest BCUT2D eigenvalue weighted by Gasteiger charge is 2.23. The minimum absolute atomic E-state index is 0.0666. The number of carbonyl (C=O) groups is 1. The van der Waals surface area contributed by atoms with Crippen LogP contribution in [0.3, 0.4) is 0 Å². The number of nitrogens with zero attached hydrogens (tertiary/aromatic N) is 3. The van der Waals surface area contributed by atoms with Crippen molar-refractivity contribution in [3.8, 4) is 10.8 Å². The molecule has 3 aromatic rings. The first-order chi connectivity index (χ1) is 14.8. The summed E-state index contributed by atoms with van der Waals surface area (Å²) in [7, 11) is 0.0257. The number of benzene rings is 1. The van der Waals surface area contributed by atoms with E-state index >= 15 is 0 Å². The number of furan rings is 1. The first kappa shape index (κ1) is 23.0. The quantitative estimate of drug-likeness (QED) is 0.521. The summed E-state index contributed by atoms with van der Waals surface area (Å²) in [6, 6.07) is 8.37. The standard InChI is InChI=1S/C21H26N4O4S2/c1-5-25(6-2)31(27,28)16-9-10-18(24(3)4)17(13-16)23-20(26)12-15-14-30-21(22-15)19-8-7-11-29-19/h7-11,13-14H,5-6,12H2,1-4H3,(H,23,26). The Bertz CT molecular complexity index is 1130. The van der Waals surface area contributed by atoms with Crippen LogP contribution in [-0.2, 0) is 21.2 Å². The zero-order valence-electron chi connectivity index (χ0n) is 18.0. The molecule has 1 aromatic carbocycles. The van der Waals surface area contributed by atoms with Gasteiger partial charge in [-0.1, -0.05) is 13.8 Å². The van der Waals surface area contributed by atoms with Gasteiger partial charge in [0, 0.05) is 32.6 Å². The van der Waals surface area contributed by atoms with Crippen molar-refractivity contribution in [2.24, 2.45) is 0 Å². The summed E-state index contributed by atoms with van der Waals surface area (Å²) >= 11 is 1.40. The van der Waals surface area contributed by atoms with Gasteiger partial charge in [-0.05, 0) is 30.3 Å². The van der Waals surface area contributed by atoms with E-state index in [2.05, 4.69) is 10.3 Å². The summed E-state index contributed by atoms with van der Waals surface area (Å²) in [5, 5.41) is 5.36. The van der Waals surface area contributed by atoms with Crippen LogP contribution in [0.4, 0.5) is 11.4 Å². The average Bonchev–Trinajstić information content (AvgIpc) is 3.40. The summed E-state index contributed by atoms with van der Waals surface area (Å²) in [4.78, 5) is 19.1. The Morgan fingerprint density at radius 2 is 1.94 bits per heavy atom. The molecule has 166 valence electrons. The number of hydrogen-bond donors (Lipinski definition) is 1. The molecule has 1 amide bonds. The Morgan fingerprint density at radius 1 is 1.19 bits per heavy atom. The second-order valence-corrected chi connectivity index (χ2v) is 9.80. The van der Waals surface area contributed by atoms with Crippen LogP contribution in [0.25, 0.3) is 10.8 Å². The van der Waals surface area contributed by atoms with E-state index in [1.54, 1.807) is 38.3 Å². The van der Waals surface area contributed by atoms with Crippen molar-refractivity contribution in [2.45, 2.75) is 25.2 Å². The molecule has 31 heavy (non-hydrogen) atoms. The summed E-state index contributed by atoms with van der Waals surface area (Å²) in [5.74, 6) is 0.373. The van der Waals surface area contributed by atoms with Crippen molar-refractivity contribution < 1.29 is 17.6 Å². The van der Waals surface area contributed by atoms with Gasteiger partial charge in [0.05, 0.1) is 34.6 Å². The number of carbonyl (C=O) groups excluding carboxylic acids is 1. The molecule has 2 aromatic heterocycles. The zero-order valence-corrected chi connectivity index (χ0v) is 19.6. The van der Waals surface area contributed by atoms with E-state index < -0.39 is 10.0 Å². The monoisotopic (exact) mass is 462 g/mol. The molecular weight excluding hydrogens is 436 g/mol. The highest BCUT2D eigenvalue weighted by molar-refractivity contribution is 7.89. The van der Waals surface area contributed by atoms with Crippen LogP contribution < -0.4 is 10.2 Å². The van der Waals surface area contributed by atoms with Gasteiger partial charge in [-0.15, -0.1) is 11.3 Å². The number of nitrogens with one attached hydrogen (secondary N) is 1. The molecule has 0 saturated heterocycles. The maximum atomic E-state index is 12.9. The SMILES string of the molecule is CCN(CC)S(=O)(=O)c1ccc(N(C)C)c(NC(=O)Cc2csc(-c3ccco3)n2)c1. The first-order valence-corrected chi connectivity index (χ1v) is 12.2. The maximum Gasteiger partial charge on any atom is 0.243 e. The highest BCUT2D eigenvalue weighted by Crippen LogP contribution is 2.30. The van der Waals surface area contributed by atoms with E-state index in [1.165, 1.54) is 21.7 Å². The molecule has 0 fully saturated rings. The minimum Gasteiger partial charge on any atom is -0.462 e. The molecular formula is C21H26N4O4S2. The smallest absolute Gasteiger partial charge is 0.243 e. The number of rotatable bonds is 9.